The first kappa shape index (κ1) is 33.9. The molecule has 3 aliphatic heterocycles. The van der Waals surface area contributed by atoms with Crippen LogP contribution >= 0.6 is 0 Å². The lowest BCUT2D eigenvalue weighted by atomic mass is 9.89. The Morgan fingerprint density at radius 2 is 1.86 bits per heavy atom. The highest BCUT2D eigenvalue weighted by Gasteiger charge is 2.35. The summed E-state index contributed by atoms with van der Waals surface area (Å²) in [6.07, 6.45) is 12.6. The van der Waals surface area contributed by atoms with E-state index in [0.29, 0.717) is 44.7 Å². The van der Waals surface area contributed by atoms with Crippen LogP contribution in [-0.4, -0.2) is 85.4 Å². The number of nitrogens with one attached hydrogen (secondary N) is 3. The van der Waals surface area contributed by atoms with E-state index in [9.17, 15) is 19.2 Å². The number of carbonyl (C=O) groups excluding carboxylic acids is 4. The van der Waals surface area contributed by atoms with Crippen LogP contribution in [0.15, 0.2) is 52.6 Å². The van der Waals surface area contributed by atoms with Crippen LogP contribution in [0, 0.1) is 11.3 Å². The number of rotatable bonds is 3. The van der Waals surface area contributed by atoms with Crippen LogP contribution in [0.3, 0.4) is 0 Å². The lowest BCUT2D eigenvalue weighted by molar-refractivity contribution is -0.154. The second kappa shape index (κ2) is 15.2. The smallest absolute Gasteiger partial charge is 0.325 e. The second-order valence-corrected chi connectivity index (χ2v) is 12.1. The van der Waals surface area contributed by atoms with Crippen molar-refractivity contribution in [1.29, 1.82) is 0 Å². The predicted octanol–water partition coefficient (Wildman–Crippen LogP) is 2.56. The Hall–Kier alpha value is -3.57. The first-order valence-electron chi connectivity index (χ1n) is 15.0. The molecular weight excluding hydrogens is 550 g/mol. The Morgan fingerprint density at radius 1 is 1.12 bits per heavy atom. The molecular formula is C32H47N5O6. The molecule has 3 amide bonds. The molecule has 0 saturated carbocycles. The van der Waals surface area contributed by atoms with Crippen molar-refractivity contribution < 1.29 is 28.7 Å². The van der Waals surface area contributed by atoms with Gasteiger partial charge in [0.25, 0.3) is 5.91 Å². The van der Waals surface area contributed by atoms with E-state index < -0.39 is 41.5 Å². The van der Waals surface area contributed by atoms with Crippen molar-refractivity contribution in [3.63, 3.8) is 0 Å². The Kier molecular flexibility index (Phi) is 12.0. The molecule has 43 heavy (non-hydrogen) atoms. The number of cyclic esters (lactones) is 1. The summed E-state index contributed by atoms with van der Waals surface area (Å²) in [4.78, 5) is 58.0. The van der Waals surface area contributed by atoms with Crippen LogP contribution < -0.4 is 16.1 Å². The lowest BCUT2D eigenvalue weighted by Gasteiger charge is -2.35. The zero-order valence-electron chi connectivity index (χ0n) is 26.4. The number of esters is 1. The van der Waals surface area contributed by atoms with Gasteiger partial charge in [-0.15, -0.1) is 0 Å². The fourth-order valence-electron chi connectivity index (χ4n) is 5.01. The minimum atomic E-state index is -0.937. The van der Waals surface area contributed by atoms with Crippen molar-refractivity contribution in [2.75, 3.05) is 26.8 Å². The third-order valence-corrected chi connectivity index (χ3v) is 7.69. The third-order valence-electron chi connectivity index (χ3n) is 7.69. The lowest BCUT2D eigenvalue weighted by Crippen LogP contribution is -2.61. The van der Waals surface area contributed by atoms with Gasteiger partial charge in [-0.05, 0) is 64.0 Å². The molecule has 0 radical (unpaired) electrons. The average Bonchev–Trinajstić information content (AvgIpc) is 2.96. The summed E-state index contributed by atoms with van der Waals surface area (Å²) < 4.78 is 11.3. The average molecular weight is 598 g/mol. The largest absolute Gasteiger partial charge is 0.455 e. The highest BCUT2D eigenvalue weighted by Crippen LogP contribution is 2.21. The maximum atomic E-state index is 13.4. The van der Waals surface area contributed by atoms with E-state index in [1.807, 2.05) is 44.2 Å². The number of allylic oxidation sites excluding steroid dienone is 5. The zero-order chi connectivity index (χ0) is 31.7. The second-order valence-electron chi connectivity index (χ2n) is 12.1. The Morgan fingerprint density at radius 3 is 2.56 bits per heavy atom. The fourth-order valence-corrected chi connectivity index (χ4v) is 5.01. The Balaban J connectivity index is 2.02. The molecule has 3 rings (SSSR count). The van der Waals surface area contributed by atoms with Gasteiger partial charge in [-0.25, -0.2) is 5.43 Å². The minimum Gasteiger partial charge on any atom is -0.455 e. The highest BCUT2D eigenvalue weighted by atomic mass is 16.5. The van der Waals surface area contributed by atoms with E-state index in [1.165, 1.54) is 5.01 Å². The number of aliphatic imine (C=N–C) groups is 1. The number of hydrazine groups is 1. The Labute approximate surface area is 254 Å². The molecule has 11 heteroatoms. The van der Waals surface area contributed by atoms with E-state index in [1.54, 1.807) is 40.9 Å². The fraction of sp³-hybridized carbons (Fsp3) is 0.594. The van der Waals surface area contributed by atoms with Crippen LogP contribution in [0.2, 0.25) is 0 Å². The van der Waals surface area contributed by atoms with Crippen LogP contribution in [0.1, 0.15) is 60.8 Å². The number of hydrogen-bond donors (Lipinski definition) is 3. The Bertz CT molecular complexity index is 1210. The van der Waals surface area contributed by atoms with E-state index in [2.05, 4.69) is 16.1 Å². The van der Waals surface area contributed by atoms with Crippen molar-refractivity contribution in [2.45, 2.75) is 85.0 Å². The standard InChI is InChI=1S/C32H47N5O6/c1-20(2)26-28(38)34-21(3)29(39)37-18-10-13-25(36-37)30(40)43-22(4)27-24(19-42-7)12-9-8-11-23(15-17-33-27)14-16-32(5,6)31(41)35-26/h8,11-12,14-16,20-22,25-26,36H,9-10,13,17-19H2,1-7H3,(H,34,38)(H,35,41)/b11-8?,16-14+,23-15+,24-12-,33-27?/t21-,22+,25-,26-/m0/s1. The van der Waals surface area contributed by atoms with E-state index in [4.69, 9.17) is 14.5 Å². The van der Waals surface area contributed by atoms with Gasteiger partial charge < -0.3 is 20.1 Å². The van der Waals surface area contributed by atoms with Gasteiger partial charge in [0.2, 0.25) is 11.8 Å². The summed E-state index contributed by atoms with van der Waals surface area (Å²) in [6, 6.07) is -2.48. The molecule has 4 atom stereocenters. The number of ether oxygens (including phenoxy) is 2. The van der Waals surface area contributed by atoms with E-state index in [-0.39, 0.29) is 17.7 Å². The molecule has 1 saturated heterocycles. The van der Waals surface area contributed by atoms with Crippen LogP contribution in [-0.2, 0) is 28.7 Å². The molecule has 0 unspecified atom stereocenters. The van der Waals surface area contributed by atoms with E-state index in [0.717, 1.165) is 11.1 Å². The van der Waals surface area contributed by atoms with Gasteiger partial charge >= 0.3 is 5.97 Å². The number of carbonyl (C=O) groups is 4. The molecule has 4 bridgehead atoms. The SMILES string of the molecule is COC/C1=C/CC=CC2=C\CN=C1[C@@H](C)OC(=O)[C@@H]1CCCN(N1)C(=O)[C@H](C)NC(=O)[C@H](C(C)C)NC(=O)C(C)(C)\C=C\2. The molecule has 236 valence electrons. The molecule has 1 fully saturated rings. The maximum Gasteiger partial charge on any atom is 0.325 e. The minimum absolute atomic E-state index is 0.228. The number of methoxy groups -OCH3 is 1. The molecule has 11 nitrogen and oxygen atoms in total. The summed E-state index contributed by atoms with van der Waals surface area (Å²) in [6.45, 7) is 11.6. The van der Waals surface area contributed by atoms with Crippen molar-refractivity contribution in [1.82, 2.24) is 21.1 Å². The van der Waals surface area contributed by atoms with Gasteiger partial charge in [0.05, 0.1) is 24.3 Å². The topological polar surface area (TPSA) is 138 Å². The highest BCUT2D eigenvalue weighted by molar-refractivity contribution is 6.04. The van der Waals surface area contributed by atoms with Crippen molar-refractivity contribution in [3.05, 3.63) is 47.6 Å². The summed E-state index contributed by atoms with van der Waals surface area (Å²) >= 11 is 0. The van der Waals surface area contributed by atoms with Crippen LogP contribution in [0.4, 0.5) is 0 Å². The molecule has 0 aromatic rings. The molecule has 3 aliphatic rings. The van der Waals surface area contributed by atoms with Gasteiger partial charge in [-0.1, -0.05) is 50.3 Å². The maximum absolute atomic E-state index is 13.4. The summed E-state index contributed by atoms with van der Waals surface area (Å²) in [5.74, 6) is -1.88. The molecule has 3 heterocycles. The molecule has 0 aromatic heterocycles. The summed E-state index contributed by atoms with van der Waals surface area (Å²) in [5, 5.41) is 7.00. The zero-order valence-corrected chi connectivity index (χ0v) is 26.4. The predicted molar refractivity (Wildman–Crippen MR) is 165 cm³/mol. The summed E-state index contributed by atoms with van der Waals surface area (Å²) in [7, 11) is 1.60. The molecule has 0 aliphatic carbocycles. The van der Waals surface area contributed by atoms with E-state index >= 15 is 0 Å². The monoisotopic (exact) mass is 597 g/mol. The van der Waals surface area contributed by atoms with Gasteiger partial charge in [-0.2, -0.15) is 0 Å². The van der Waals surface area contributed by atoms with Gasteiger partial charge in [-0.3, -0.25) is 29.2 Å². The van der Waals surface area contributed by atoms with Gasteiger partial charge in [0.1, 0.15) is 24.2 Å². The third kappa shape index (κ3) is 9.21. The molecule has 3 N–H and O–H groups in total. The number of hydrogen-bond acceptors (Lipinski definition) is 8. The van der Waals surface area contributed by atoms with Crippen molar-refractivity contribution in [3.8, 4) is 0 Å². The number of amides is 3. The van der Waals surface area contributed by atoms with Crippen LogP contribution in [0.5, 0.6) is 0 Å². The molecule has 0 spiro atoms. The van der Waals surface area contributed by atoms with Crippen molar-refractivity contribution >= 4 is 29.4 Å². The number of nitrogens with zero attached hydrogens (tertiary/aromatic N) is 2. The normalized spacial score (nSPS) is 31.1. The first-order valence-corrected chi connectivity index (χ1v) is 15.0. The quantitative estimate of drug-likeness (QED) is 0.425. The van der Waals surface area contributed by atoms with Gasteiger partial charge in [0, 0.05) is 13.7 Å². The molecule has 0 aromatic carbocycles. The van der Waals surface area contributed by atoms with Crippen LogP contribution in [0.25, 0.3) is 0 Å². The van der Waals surface area contributed by atoms with Gasteiger partial charge in [0.15, 0.2) is 0 Å². The summed E-state index contributed by atoms with van der Waals surface area (Å²) in [5.41, 5.74) is 4.35. The van der Waals surface area contributed by atoms with Crippen molar-refractivity contribution in [2.24, 2.45) is 16.3 Å². The number of fused-ring (bicyclic) bond motifs is 4. The first-order chi connectivity index (χ1) is 20.3.